The highest BCUT2D eigenvalue weighted by Crippen LogP contribution is 2.27. The molecule has 114 valence electrons. The minimum absolute atomic E-state index is 0.193. The Labute approximate surface area is 137 Å². The third-order valence-corrected chi connectivity index (χ3v) is 4.98. The Morgan fingerprint density at radius 3 is 2.41 bits per heavy atom. The zero-order chi connectivity index (χ0) is 15.2. The zero-order valence-electron chi connectivity index (χ0n) is 13.0. The van der Waals surface area contributed by atoms with Gasteiger partial charge < -0.3 is 4.90 Å². The molecule has 0 bridgehead atoms. The van der Waals surface area contributed by atoms with Crippen molar-refractivity contribution >= 4 is 16.9 Å². The molecule has 1 heterocycles. The summed E-state index contributed by atoms with van der Waals surface area (Å²) in [6.45, 7) is 4.36. The first-order valence-electron chi connectivity index (χ1n) is 7.91. The molecular formula is C19H22N2S. The van der Waals surface area contributed by atoms with E-state index < -0.39 is 0 Å². The van der Waals surface area contributed by atoms with E-state index in [1.165, 1.54) is 16.3 Å². The van der Waals surface area contributed by atoms with Gasteiger partial charge in [0.1, 0.15) is 0 Å². The fourth-order valence-electron chi connectivity index (χ4n) is 2.73. The molecule has 0 saturated carbocycles. The van der Waals surface area contributed by atoms with Crippen LogP contribution in [0.3, 0.4) is 0 Å². The molecule has 1 saturated heterocycles. The molecule has 0 aromatic heterocycles. The van der Waals surface area contributed by atoms with Crippen LogP contribution in [0.1, 0.15) is 24.1 Å². The quantitative estimate of drug-likeness (QED) is 0.813. The summed E-state index contributed by atoms with van der Waals surface area (Å²) < 4.78 is 0. The van der Waals surface area contributed by atoms with Gasteiger partial charge in [0.25, 0.3) is 0 Å². The van der Waals surface area contributed by atoms with Crippen LogP contribution in [0.15, 0.2) is 65.7 Å². The molecule has 3 rings (SSSR count). The van der Waals surface area contributed by atoms with Crippen LogP contribution >= 0.6 is 11.8 Å². The highest BCUT2D eigenvalue weighted by Gasteiger charge is 2.20. The first kappa shape index (κ1) is 15.2. The van der Waals surface area contributed by atoms with E-state index in [0.29, 0.717) is 0 Å². The predicted molar refractivity (Wildman–Crippen MR) is 96.5 cm³/mol. The molecule has 0 radical (unpaired) electrons. The van der Waals surface area contributed by atoms with Gasteiger partial charge >= 0.3 is 0 Å². The van der Waals surface area contributed by atoms with Crippen molar-refractivity contribution in [3.05, 3.63) is 71.8 Å². The summed E-state index contributed by atoms with van der Waals surface area (Å²) in [6.07, 6.45) is 0.951. The zero-order valence-corrected chi connectivity index (χ0v) is 13.8. The Balaban J connectivity index is 1.88. The number of aliphatic imine (C=N–C) groups is 1. The normalized spacial score (nSPS) is 17.9. The van der Waals surface area contributed by atoms with E-state index in [1.807, 2.05) is 11.8 Å². The minimum Gasteiger partial charge on any atom is -0.351 e. The molecule has 0 spiro atoms. The Bertz CT molecular complexity index is 610. The highest BCUT2D eigenvalue weighted by atomic mass is 32.2. The Morgan fingerprint density at radius 2 is 1.73 bits per heavy atom. The average molecular weight is 310 g/mol. The van der Waals surface area contributed by atoms with Crippen LogP contribution in [0.4, 0.5) is 0 Å². The van der Waals surface area contributed by atoms with Crippen molar-refractivity contribution < 1.29 is 0 Å². The van der Waals surface area contributed by atoms with Gasteiger partial charge in [0.05, 0.1) is 6.04 Å². The van der Waals surface area contributed by atoms with Crippen LogP contribution in [0, 0.1) is 0 Å². The molecule has 2 aromatic rings. The smallest absolute Gasteiger partial charge is 0.159 e. The van der Waals surface area contributed by atoms with Gasteiger partial charge in [0.2, 0.25) is 0 Å². The van der Waals surface area contributed by atoms with Crippen molar-refractivity contribution in [3.8, 4) is 0 Å². The first-order valence-corrected chi connectivity index (χ1v) is 8.90. The fraction of sp³-hybridized carbons (Fsp3) is 0.316. The number of rotatable bonds is 5. The summed E-state index contributed by atoms with van der Waals surface area (Å²) in [7, 11) is 0. The maximum Gasteiger partial charge on any atom is 0.159 e. The molecule has 1 unspecified atom stereocenters. The molecule has 1 atom stereocenters. The molecule has 1 aliphatic rings. The number of nitrogens with zero attached hydrogens (tertiary/aromatic N) is 2. The number of amidine groups is 1. The van der Waals surface area contributed by atoms with Gasteiger partial charge in [-0.15, -0.1) is 0 Å². The van der Waals surface area contributed by atoms with E-state index in [0.717, 1.165) is 25.3 Å². The van der Waals surface area contributed by atoms with Crippen molar-refractivity contribution in [2.75, 3.05) is 18.8 Å². The van der Waals surface area contributed by atoms with E-state index in [2.05, 4.69) is 72.5 Å². The highest BCUT2D eigenvalue weighted by molar-refractivity contribution is 8.14. The van der Waals surface area contributed by atoms with Gasteiger partial charge in [-0.25, -0.2) is 0 Å². The third-order valence-electron chi connectivity index (χ3n) is 3.97. The predicted octanol–water partition coefficient (Wildman–Crippen LogP) is 4.40. The van der Waals surface area contributed by atoms with Crippen LogP contribution in [-0.2, 0) is 6.42 Å². The van der Waals surface area contributed by atoms with E-state index >= 15 is 0 Å². The molecule has 1 aliphatic heterocycles. The SMILES string of the molecule is CCN1CCSC1=NC(Cc1ccccc1)c1ccccc1. The van der Waals surface area contributed by atoms with E-state index in [1.54, 1.807) is 0 Å². The van der Waals surface area contributed by atoms with Gasteiger partial charge in [-0.2, -0.15) is 0 Å². The summed E-state index contributed by atoms with van der Waals surface area (Å²) in [5, 5.41) is 1.20. The van der Waals surface area contributed by atoms with E-state index in [-0.39, 0.29) is 6.04 Å². The topological polar surface area (TPSA) is 15.6 Å². The van der Waals surface area contributed by atoms with Crippen molar-refractivity contribution in [1.29, 1.82) is 0 Å². The summed E-state index contributed by atoms with van der Waals surface area (Å²) >= 11 is 1.88. The number of hydrogen-bond donors (Lipinski definition) is 0. The Kier molecular flexibility index (Phi) is 5.17. The van der Waals surface area contributed by atoms with Crippen molar-refractivity contribution in [1.82, 2.24) is 4.90 Å². The molecule has 1 fully saturated rings. The number of hydrogen-bond acceptors (Lipinski definition) is 2. The van der Waals surface area contributed by atoms with E-state index in [4.69, 9.17) is 4.99 Å². The van der Waals surface area contributed by atoms with Crippen LogP contribution in [0.5, 0.6) is 0 Å². The maximum atomic E-state index is 5.10. The van der Waals surface area contributed by atoms with Crippen LogP contribution < -0.4 is 0 Å². The monoisotopic (exact) mass is 310 g/mol. The van der Waals surface area contributed by atoms with Crippen LogP contribution in [0.2, 0.25) is 0 Å². The second-order valence-electron chi connectivity index (χ2n) is 5.46. The third kappa shape index (κ3) is 3.72. The van der Waals surface area contributed by atoms with Gasteiger partial charge in [-0.1, -0.05) is 72.4 Å². The van der Waals surface area contributed by atoms with Crippen molar-refractivity contribution in [3.63, 3.8) is 0 Å². The maximum absolute atomic E-state index is 5.10. The molecular weight excluding hydrogens is 288 g/mol. The lowest BCUT2D eigenvalue weighted by atomic mass is 9.99. The molecule has 0 aliphatic carbocycles. The molecule has 0 N–H and O–H groups in total. The van der Waals surface area contributed by atoms with Crippen LogP contribution in [0.25, 0.3) is 0 Å². The lowest BCUT2D eigenvalue weighted by Gasteiger charge is -2.19. The summed E-state index contributed by atoms with van der Waals surface area (Å²) in [5.41, 5.74) is 2.63. The standard InChI is InChI=1S/C19H22N2S/c1-2-21-13-14-22-19(21)20-18(17-11-7-4-8-12-17)15-16-9-5-3-6-10-16/h3-12,18H,2,13-15H2,1H3. The van der Waals surface area contributed by atoms with Gasteiger partial charge in [0.15, 0.2) is 5.17 Å². The molecule has 3 heteroatoms. The van der Waals surface area contributed by atoms with Crippen molar-refractivity contribution in [2.45, 2.75) is 19.4 Å². The van der Waals surface area contributed by atoms with Crippen LogP contribution in [-0.4, -0.2) is 28.9 Å². The lowest BCUT2D eigenvalue weighted by Crippen LogP contribution is -2.24. The first-order chi connectivity index (χ1) is 10.9. The molecule has 2 aromatic carbocycles. The molecule has 0 amide bonds. The van der Waals surface area contributed by atoms with E-state index in [9.17, 15) is 0 Å². The van der Waals surface area contributed by atoms with Gasteiger partial charge in [-0.3, -0.25) is 4.99 Å². The summed E-state index contributed by atoms with van der Waals surface area (Å²) in [4.78, 5) is 7.48. The number of thioether (sulfide) groups is 1. The second kappa shape index (κ2) is 7.50. The molecule has 22 heavy (non-hydrogen) atoms. The average Bonchev–Trinajstić information content (AvgIpc) is 3.03. The fourth-order valence-corrected chi connectivity index (χ4v) is 3.83. The second-order valence-corrected chi connectivity index (χ2v) is 6.52. The largest absolute Gasteiger partial charge is 0.351 e. The Morgan fingerprint density at radius 1 is 1.05 bits per heavy atom. The number of benzene rings is 2. The minimum atomic E-state index is 0.193. The molecule has 2 nitrogen and oxygen atoms in total. The summed E-state index contributed by atoms with van der Waals surface area (Å²) in [6, 6.07) is 21.5. The lowest BCUT2D eigenvalue weighted by molar-refractivity contribution is 0.483. The van der Waals surface area contributed by atoms with Crippen molar-refractivity contribution in [2.24, 2.45) is 4.99 Å². The summed E-state index contributed by atoms with van der Waals surface area (Å²) in [5.74, 6) is 1.15. The van der Waals surface area contributed by atoms with Gasteiger partial charge in [0, 0.05) is 18.8 Å². The Hall–Kier alpha value is -1.74. The van der Waals surface area contributed by atoms with Gasteiger partial charge in [-0.05, 0) is 24.5 Å².